The highest BCUT2D eigenvalue weighted by molar-refractivity contribution is 7.99. The fraction of sp³-hybridized carbons (Fsp3) is 0.571. The fourth-order valence-corrected chi connectivity index (χ4v) is 6.23. The van der Waals surface area contributed by atoms with Crippen molar-refractivity contribution in [2.45, 2.75) is 55.6 Å². The summed E-state index contributed by atoms with van der Waals surface area (Å²) < 4.78 is 29.1. The predicted molar refractivity (Wildman–Crippen MR) is 126 cm³/mol. The van der Waals surface area contributed by atoms with Gasteiger partial charge in [0.05, 0.1) is 10.6 Å². The summed E-state index contributed by atoms with van der Waals surface area (Å²) >= 11 is 1.37. The van der Waals surface area contributed by atoms with E-state index in [0.29, 0.717) is 24.8 Å². The Balaban J connectivity index is 1.41. The topological polar surface area (TPSA) is 100 Å². The molecular weight excluding hydrogens is 448 g/mol. The van der Waals surface area contributed by atoms with Crippen LogP contribution in [0.1, 0.15) is 45.6 Å². The van der Waals surface area contributed by atoms with Crippen molar-refractivity contribution in [1.82, 2.24) is 19.1 Å². The van der Waals surface area contributed by atoms with Gasteiger partial charge in [0.25, 0.3) is 0 Å². The molecule has 2 fully saturated rings. The number of benzene rings is 1. The highest BCUT2D eigenvalue weighted by atomic mass is 32.2. The second kappa shape index (κ2) is 9.80. The second-order valence-electron chi connectivity index (χ2n) is 8.03. The van der Waals surface area contributed by atoms with E-state index >= 15 is 0 Å². The van der Waals surface area contributed by atoms with Crippen molar-refractivity contribution in [2.75, 3.05) is 42.1 Å². The fourth-order valence-electron chi connectivity index (χ4n) is 3.93. The molecule has 32 heavy (non-hydrogen) atoms. The number of hydrogen-bond donors (Lipinski definition) is 1. The van der Waals surface area contributed by atoms with Crippen LogP contribution in [0.2, 0.25) is 0 Å². The van der Waals surface area contributed by atoms with Gasteiger partial charge in [-0.25, -0.2) is 8.42 Å². The summed E-state index contributed by atoms with van der Waals surface area (Å²) in [4.78, 5) is 15.0. The number of carbonyl (C=O) groups is 1. The Bertz CT molecular complexity index is 1060. The molecule has 1 aromatic carbocycles. The third kappa shape index (κ3) is 4.94. The van der Waals surface area contributed by atoms with E-state index in [1.54, 1.807) is 32.0 Å². The minimum atomic E-state index is -3.58. The lowest BCUT2D eigenvalue weighted by Gasteiger charge is -2.19. The molecule has 1 saturated heterocycles. The van der Waals surface area contributed by atoms with Crippen molar-refractivity contribution in [2.24, 2.45) is 0 Å². The van der Waals surface area contributed by atoms with Gasteiger partial charge in [0.1, 0.15) is 0 Å². The third-order valence-electron chi connectivity index (χ3n) is 5.74. The van der Waals surface area contributed by atoms with E-state index in [0.717, 1.165) is 37.0 Å². The first-order valence-corrected chi connectivity index (χ1v) is 13.6. The first-order valence-electron chi connectivity index (χ1n) is 11.2. The average Bonchev–Trinajstić information content (AvgIpc) is 3.30. The SMILES string of the molecule is CCN(CC)S(=O)(=O)c1cccc(NC(=O)CSc2nnc(N3CCCC3)n2C2CC2)c1. The molecule has 0 spiro atoms. The maximum absolute atomic E-state index is 12.7. The predicted octanol–water partition coefficient (Wildman–Crippen LogP) is 2.97. The van der Waals surface area contributed by atoms with Crippen molar-refractivity contribution < 1.29 is 13.2 Å². The molecule has 1 aliphatic heterocycles. The van der Waals surface area contributed by atoms with Gasteiger partial charge in [0.2, 0.25) is 21.9 Å². The molecule has 1 saturated carbocycles. The van der Waals surface area contributed by atoms with Crippen molar-refractivity contribution in [3.05, 3.63) is 24.3 Å². The Kier molecular flexibility index (Phi) is 7.06. The minimum absolute atomic E-state index is 0.176. The summed E-state index contributed by atoms with van der Waals surface area (Å²) in [6.07, 6.45) is 4.58. The van der Waals surface area contributed by atoms with Gasteiger partial charge < -0.3 is 10.2 Å². The van der Waals surface area contributed by atoms with Gasteiger partial charge in [0.15, 0.2) is 5.16 Å². The van der Waals surface area contributed by atoms with E-state index in [-0.39, 0.29) is 16.6 Å². The van der Waals surface area contributed by atoms with Gasteiger partial charge in [-0.1, -0.05) is 31.7 Å². The van der Waals surface area contributed by atoms with Crippen LogP contribution in [0.4, 0.5) is 11.6 Å². The number of nitrogens with zero attached hydrogens (tertiary/aromatic N) is 5. The summed E-state index contributed by atoms with van der Waals surface area (Å²) in [6, 6.07) is 6.82. The molecule has 2 aromatic rings. The molecule has 2 heterocycles. The maximum Gasteiger partial charge on any atom is 0.243 e. The first kappa shape index (κ1) is 23.1. The van der Waals surface area contributed by atoms with Gasteiger partial charge in [-0.05, 0) is 43.9 Å². The van der Waals surface area contributed by atoms with Crippen LogP contribution < -0.4 is 10.2 Å². The molecule has 11 heteroatoms. The molecular formula is C21H30N6O3S2. The Morgan fingerprint density at radius 2 is 1.91 bits per heavy atom. The van der Waals surface area contributed by atoms with Crippen LogP contribution in [0.25, 0.3) is 0 Å². The van der Waals surface area contributed by atoms with Crippen LogP contribution in [-0.2, 0) is 14.8 Å². The average molecular weight is 479 g/mol. The molecule has 174 valence electrons. The monoisotopic (exact) mass is 478 g/mol. The zero-order valence-corrected chi connectivity index (χ0v) is 20.2. The lowest BCUT2D eigenvalue weighted by Crippen LogP contribution is -2.30. The van der Waals surface area contributed by atoms with Gasteiger partial charge in [0, 0.05) is 37.9 Å². The van der Waals surface area contributed by atoms with Crippen molar-refractivity contribution >= 4 is 39.3 Å². The molecule has 0 radical (unpaired) electrons. The van der Waals surface area contributed by atoms with Crippen molar-refractivity contribution in [3.8, 4) is 0 Å². The first-order chi connectivity index (χ1) is 15.4. The van der Waals surface area contributed by atoms with Gasteiger partial charge in [-0.3, -0.25) is 9.36 Å². The molecule has 0 unspecified atom stereocenters. The van der Waals surface area contributed by atoms with Crippen molar-refractivity contribution in [1.29, 1.82) is 0 Å². The number of amides is 1. The van der Waals surface area contributed by atoms with Gasteiger partial charge >= 0.3 is 0 Å². The molecule has 1 N–H and O–H groups in total. The summed E-state index contributed by atoms with van der Waals surface area (Å²) in [5.41, 5.74) is 0.463. The van der Waals surface area contributed by atoms with Crippen LogP contribution in [0.15, 0.2) is 34.3 Å². The van der Waals surface area contributed by atoms with Crippen LogP contribution in [-0.4, -0.2) is 65.3 Å². The molecule has 9 nitrogen and oxygen atoms in total. The number of rotatable bonds is 10. The number of anilines is 2. The zero-order valence-electron chi connectivity index (χ0n) is 18.5. The molecule has 0 atom stereocenters. The molecule has 2 aliphatic rings. The Morgan fingerprint density at radius 3 is 2.56 bits per heavy atom. The summed E-state index contributed by atoms with van der Waals surface area (Å²) in [7, 11) is -3.58. The van der Waals surface area contributed by atoms with E-state index in [1.807, 2.05) is 0 Å². The maximum atomic E-state index is 12.7. The zero-order chi connectivity index (χ0) is 22.7. The minimum Gasteiger partial charge on any atom is -0.341 e. The molecule has 4 rings (SSSR count). The summed E-state index contributed by atoms with van der Waals surface area (Å²) in [6.45, 7) is 6.41. The van der Waals surface area contributed by atoms with E-state index in [1.165, 1.54) is 35.0 Å². The van der Waals surface area contributed by atoms with Crippen LogP contribution >= 0.6 is 11.8 Å². The van der Waals surface area contributed by atoms with E-state index < -0.39 is 10.0 Å². The number of aromatic nitrogens is 3. The Hall–Kier alpha value is -2.11. The number of sulfonamides is 1. The van der Waals surface area contributed by atoms with Gasteiger partial charge in [-0.15, -0.1) is 10.2 Å². The Morgan fingerprint density at radius 1 is 1.19 bits per heavy atom. The van der Waals surface area contributed by atoms with E-state index in [4.69, 9.17) is 0 Å². The normalized spacial score (nSPS) is 16.7. The number of thioether (sulfide) groups is 1. The number of nitrogens with one attached hydrogen (secondary N) is 1. The van der Waals surface area contributed by atoms with Crippen LogP contribution in [0.5, 0.6) is 0 Å². The van der Waals surface area contributed by atoms with Gasteiger partial charge in [-0.2, -0.15) is 4.31 Å². The quantitative estimate of drug-likeness (QED) is 0.524. The molecule has 1 aromatic heterocycles. The van der Waals surface area contributed by atoms with Crippen molar-refractivity contribution in [3.63, 3.8) is 0 Å². The molecule has 1 aliphatic carbocycles. The van der Waals surface area contributed by atoms with Crippen LogP contribution in [0, 0.1) is 0 Å². The summed E-state index contributed by atoms with van der Waals surface area (Å²) in [5, 5.41) is 12.3. The lowest BCUT2D eigenvalue weighted by atomic mass is 10.3. The largest absolute Gasteiger partial charge is 0.341 e. The third-order valence-corrected chi connectivity index (χ3v) is 8.73. The second-order valence-corrected chi connectivity index (χ2v) is 10.9. The van der Waals surface area contributed by atoms with E-state index in [2.05, 4.69) is 25.0 Å². The number of carbonyl (C=O) groups excluding carboxylic acids is 1. The molecule has 1 amide bonds. The summed E-state index contributed by atoms with van der Waals surface area (Å²) in [5.74, 6) is 0.889. The highest BCUT2D eigenvalue weighted by Crippen LogP contribution is 2.41. The smallest absolute Gasteiger partial charge is 0.243 e. The number of hydrogen-bond acceptors (Lipinski definition) is 7. The molecule has 0 bridgehead atoms. The van der Waals surface area contributed by atoms with E-state index in [9.17, 15) is 13.2 Å². The highest BCUT2D eigenvalue weighted by Gasteiger charge is 2.32. The lowest BCUT2D eigenvalue weighted by molar-refractivity contribution is -0.113. The Labute approximate surface area is 193 Å². The van der Waals surface area contributed by atoms with Crippen LogP contribution in [0.3, 0.4) is 0 Å². The standard InChI is InChI=1S/C21H30N6O3S2/c1-3-26(4-2)32(29,30)18-9-7-8-16(14-18)22-19(28)15-31-21-24-23-20(25-12-5-6-13-25)27(21)17-10-11-17/h7-9,14,17H,3-6,10-13,15H2,1-2H3,(H,22,28).